The van der Waals surface area contributed by atoms with Crippen LogP contribution in [0.3, 0.4) is 0 Å². The van der Waals surface area contributed by atoms with Crippen molar-refractivity contribution >= 4 is 5.71 Å². The van der Waals surface area contributed by atoms with Gasteiger partial charge in [-0.2, -0.15) is 0 Å². The first-order chi connectivity index (χ1) is 5.86. The molecule has 1 fully saturated rings. The molecule has 1 N–H and O–H groups in total. The van der Waals surface area contributed by atoms with Crippen molar-refractivity contribution < 1.29 is 5.21 Å². The van der Waals surface area contributed by atoms with Crippen LogP contribution in [0.5, 0.6) is 0 Å². The van der Waals surface area contributed by atoms with Gasteiger partial charge in [-0.15, -0.1) is 0 Å². The second-order valence-electron chi connectivity index (χ2n) is 3.13. The van der Waals surface area contributed by atoms with Gasteiger partial charge >= 0.3 is 0 Å². The van der Waals surface area contributed by atoms with Crippen LogP contribution in [0.25, 0.3) is 0 Å². The van der Waals surface area contributed by atoms with Crippen LogP contribution in [0.15, 0.2) is 17.8 Å². The maximum absolute atomic E-state index is 8.55. The minimum absolute atomic E-state index is 0.664. The molecule has 0 aromatic heterocycles. The number of hydrogen-bond donors (Lipinski definition) is 1. The van der Waals surface area contributed by atoms with E-state index in [0.717, 1.165) is 19.6 Å². The van der Waals surface area contributed by atoms with Gasteiger partial charge in [0.1, 0.15) is 0 Å². The van der Waals surface area contributed by atoms with Gasteiger partial charge in [0, 0.05) is 6.54 Å². The molecule has 3 heteroatoms. The fourth-order valence-corrected chi connectivity index (χ4v) is 1.48. The van der Waals surface area contributed by atoms with Crippen LogP contribution in [0.4, 0.5) is 0 Å². The van der Waals surface area contributed by atoms with E-state index in [4.69, 9.17) is 5.21 Å². The van der Waals surface area contributed by atoms with Crippen LogP contribution in [-0.2, 0) is 0 Å². The van der Waals surface area contributed by atoms with Gasteiger partial charge in [0.15, 0.2) is 0 Å². The lowest BCUT2D eigenvalue weighted by Crippen LogP contribution is -2.33. The van der Waals surface area contributed by atoms with Crippen molar-refractivity contribution in [2.45, 2.75) is 19.3 Å². The zero-order chi connectivity index (χ0) is 8.81. The van der Waals surface area contributed by atoms with Crippen molar-refractivity contribution in [2.24, 2.45) is 5.16 Å². The van der Waals surface area contributed by atoms with Crippen molar-refractivity contribution in [1.82, 2.24) is 4.90 Å². The molecule has 0 bridgehead atoms. The second kappa shape index (κ2) is 4.93. The van der Waals surface area contributed by atoms with Crippen molar-refractivity contribution in [1.29, 1.82) is 0 Å². The van der Waals surface area contributed by atoms with E-state index >= 15 is 0 Å². The van der Waals surface area contributed by atoms with Gasteiger partial charge in [-0.05, 0) is 32.0 Å². The Balaban J connectivity index is 2.33. The Kier molecular flexibility index (Phi) is 3.80. The molecule has 1 aliphatic rings. The molecular weight excluding hydrogens is 152 g/mol. The number of likely N-dealkylation sites (tertiary alicyclic amines) is 1. The summed E-state index contributed by atoms with van der Waals surface area (Å²) >= 11 is 0. The molecule has 1 saturated heterocycles. The summed E-state index contributed by atoms with van der Waals surface area (Å²) < 4.78 is 0. The van der Waals surface area contributed by atoms with Crippen LogP contribution in [-0.4, -0.2) is 35.5 Å². The Labute approximate surface area is 73.4 Å². The van der Waals surface area contributed by atoms with Crippen LogP contribution in [0.2, 0.25) is 0 Å². The third-order valence-corrected chi connectivity index (χ3v) is 2.20. The number of nitrogens with zero attached hydrogens (tertiary/aromatic N) is 2. The molecule has 0 amide bonds. The molecule has 0 spiro atoms. The van der Waals surface area contributed by atoms with E-state index in [0.29, 0.717) is 5.71 Å². The smallest absolute Gasteiger partial charge is 0.0929 e. The average Bonchev–Trinajstić information content (AvgIpc) is 2.16. The Hall–Kier alpha value is -0.830. The summed E-state index contributed by atoms with van der Waals surface area (Å²) in [5.74, 6) is 0. The highest BCUT2D eigenvalue weighted by Gasteiger charge is 2.10. The fourth-order valence-electron chi connectivity index (χ4n) is 1.48. The monoisotopic (exact) mass is 168 g/mol. The van der Waals surface area contributed by atoms with E-state index in [1.54, 1.807) is 6.08 Å². The normalized spacial score (nSPS) is 20.8. The van der Waals surface area contributed by atoms with Crippen molar-refractivity contribution in [3.05, 3.63) is 12.7 Å². The summed E-state index contributed by atoms with van der Waals surface area (Å²) in [6.07, 6.45) is 5.45. The van der Waals surface area contributed by atoms with Crippen molar-refractivity contribution in [3.63, 3.8) is 0 Å². The third kappa shape index (κ3) is 2.66. The molecular formula is C9H16N2O. The maximum atomic E-state index is 8.55. The molecule has 0 atom stereocenters. The average molecular weight is 168 g/mol. The van der Waals surface area contributed by atoms with E-state index in [1.807, 2.05) is 0 Å². The Morgan fingerprint density at radius 1 is 1.42 bits per heavy atom. The predicted molar refractivity (Wildman–Crippen MR) is 49.7 cm³/mol. The zero-order valence-electron chi connectivity index (χ0n) is 7.37. The third-order valence-electron chi connectivity index (χ3n) is 2.20. The molecule has 1 rings (SSSR count). The number of oxime groups is 1. The standard InChI is InChI=1S/C9H16N2O/c1-2-9(10-12)8-11-6-4-3-5-7-11/h2,12H,1,3-8H2/b10-9-. The first kappa shape index (κ1) is 9.26. The quantitative estimate of drug-likeness (QED) is 0.393. The SMILES string of the molecule is C=C/C(CN1CCCCC1)=N/O. The summed E-state index contributed by atoms with van der Waals surface area (Å²) in [5, 5.41) is 11.7. The topological polar surface area (TPSA) is 35.8 Å². The predicted octanol–water partition coefficient (Wildman–Crippen LogP) is 1.49. The minimum atomic E-state index is 0.664. The van der Waals surface area contributed by atoms with E-state index in [2.05, 4.69) is 16.6 Å². The summed E-state index contributed by atoms with van der Waals surface area (Å²) in [6.45, 7) is 6.55. The lowest BCUT2D eigenvalue weighted by Gasteiger charge is -2.25. The van der Waals surface area contributed by atoms with Gasteiger partial charge in [-0.1, -0.05) is 18.2 Å². The van der Waals surface area contributed by atoms with E-state index in [1.165, 1.54) is 19.3 Å². The largest absolute Gasteiger partial charge is 0.411 e. The number of rotatable bonds is 3. The summed E-state index contributed by atoms with van der Waals surface area (Å²) in [5.41, 5.74) is 0.664. The van der Waals surface area contributed by atoms with Crippen LogP contribution in [0, 0.1) is 0 Å². The highest BCUT2D eigenvalue weighted by molar-refractivity contribution is 5.95. The Bertz CT molecular complexity index is 171. The molecule has 0 saturated carbocycles. The fraction of sp³-hybridized carbons (Fsp3) is 0.667. The second-order valence-corrected chi connectivity index (χ2v) is 3.13. The zero-order valence-corrected chi connectivity index (χ0v) is 7.37. The van der Waals surface area contributed by atoms with Gasteiger partial charge in [0.2, 0.25) is 0 Å². The van der Waals surface area contributed by atoms with E-state index < -0.39 is 0 Å². The van der Waals surface area contributed by atoms with E-state index in [9.17, 15) is 0 Å². The van der Waals surface area contributed by atoms with Gasteiger partial charge in [-0.3, -0.25) is 4.90 Å². The van der Waals surface area contributed by atoms with Gasteiger partial charge in [-0.25, -0.2) is 0 Å². The molecule has 1 heterocycles. The summed E-state index contributed by atoms with van der Waals surface area (Å²) in [7, 11) is 0. The van der Waals surface area contributed by atoms with Crippen LogP contribution >= 0.6 is 0 Å². The molecule has 0 aromatic rings. The Morgan fingerprint density at radius 2 is 2.08 bits per heavy atom. The molecule has 0 unspecified atom stereocenters. The first-order valence-corrected chi connectivity index (χ1v) is 4.42. The van der Waals surface area contributed by atoms with Crippen LogP contribution < -0.4 is 0 Å². The molecule has 0 aromatic carbocycles. The summed E-state index contributed by atoms with van der Waals surface area (Å²) in [6, 6.07) is 0. The maximum Gasteiger partial charge on any atom is 0.0929 e. The highest BCUT2D eigenvalue weighted by Crippen LogP contribution is 2.08. The lowest BCUT2D eigenvalue weighted by molar-refractivity contribution is 0.253. The summed E-state index contributed by atoms with van der Waals surface area (Å²) in [4.78, 5) is 2.29. The van der Waals surface area contributed by atoms with Gasteiger partial charge < -0.3 is 5.21 Å². The molecule has 12 heavy (non-hydrogen) atoms. The molecule has 0 aliphatic carbocycles. The molecule has 1 aliphatic heterocycles. The van der Waals surface area contributed by atoms with Gasteiger partial charge in [0.05, 0.1) is 5.71 Å². The van der Waals surface area contributed by atoms with Crippen LogP contribution in [0.1, 0.15) is 19.3 Å². The van der Waals surface area contributed by atoms with Gasteiger partial charge in [0.25, 0.3) is 0 Å². The lowest BCUT2D eigenvalue weighted by atomic mass is 10.1. The number of piperidine rings is 1. The van der Waals surface area contributed by atoms with E-state index in [-0.39, 0.29) is 0 Å². The van der Waals surface area contributed by atoms with Crippen molar-refractivity contribution in [3.8, 4) is 0 Å². The van der Waals surface area contributed by atoms with Crippen molar-refractivity contribution in [2.75, 3.05) is 19.6 Å². The Morgan fingerprint density at radius 3 is 2.58 bits per heavy atom. The molecule has 3 nitrogen and oxygen atoms in total. The number of hydrogen-bond acceptors (Lipinski definition) is 3. The first-order valence-electron chi connectivity index (χ1n) is 4.42. The highest BCUT2D eigenvalue weighted by atomic mass is 16.4. The molecule has 0 radical (unpaired) electrons. The minimum Gasteiger partial charge on any atom is -0.411 e. The molecule has 68 valence electrons.